The van der Waals surface area contributed by atoms with E-state index < -0.39 is 0 Å². The SMILES string of the molecule is CCCc1c(NC)ncnc1NCC1(C)CCN(C)CC1. The Bertz CT molecular complexity index is 452. The zero-order valence-corrected chi connectivity index (χ0v) is 13.9. The third kappa shape index (κ3) is 4.06. The van der Waals surface area contributed by atoms with Crippen molar-refractivity contribution in [3.63, 3.8) is 0 Å². The highest BCUT2D eigenvalue weighted by Crippen LogP contribution is 2.31. The van der Waals surface area contributed by atoms with E-state index in [1.165, 1.54) is 31.5 Å². The molecule has 0 aromatic carbocycles. The Morgan fingerprint density at radius 2 is 1.90 bits per heavy atom. The lowest BCUT2D eigenvalue weighted by molar-refractivity contribution is 0.150. The lowest BCUT2D eigenvalue weighted by Gasteiger charge is -2.38. The van der Waals surface area contributed by atoms with Crippen LogP contribution in [0, 0.1) is 5.41 Å². The summed E-state index contributed by atoms with van der Waals surface area (Å²) in [5.41, 5.74) is 1.57. The van der Waals surface area contributed by atoms with E-state index in [0.29, 0.717) is 5.41 Å². The number of piperidine rings is 1. The van der Waals surface area contributed by atoms with Gasteiger partial charge in [-0.25, -0.2) is 9.97 Å². The molecule has 0 radical (unpaired) electrons. The van der Waals surface area contributed by atoms with Gasteiger partial charge in [-0.15, -0.1) is 0 Å². The van der Waals surface area contributed by atoms with Crippen molar-refractivity contribution in [2.75, 3.05) is 44.4 Å². The molecule has 1 aromatic heterocycles. The molecule has 0 saturated carbocycles. The van der Waals surface area contributed by atoms with E-state index >= 15 is 0 Å². The molecule has 5 heteroatoms. The normalized spacial score (nSPS) is 18.5. The molecule has 5 nitrogen and oxygen atoms in total. The minimum Gasteiger partial charge on any atom is -0.373 e. The van der Waals surface area contributed by atoms with Gasteiger partial charge in [0.25, 0.3) is 0 Å². The summed E-state index contributed by atoms with van der Waals surface area (Å²) in [7, 11) is 4.12. The van der Waals surface area contributed by atoms with Crippen molar-refractivity contribution >= 4 is 11.6 Å². The summed E-state index contributed by atoms with van der Waals surface area (Å²) in [4.78, 5) is 11.2. The highest BCUT2D eigenvalue weighted by molar-refractivity contribution is 5.57. The lowest BCUT2D eigenvalue weighted by Crippen LogP contribution is -2.40. The third-order valence-electron chi connectivity index (χ3n) is 4.56. The van der Waals surface area contributed by atoms with Gasteiger partial charge in [0, 0.05) is 19.2 Å². The van der Waals surface area contributed by atoms with Gasteiger partial charge in [0.15, 0.2) is 0 Å². The molecule has 0 spiro atoms. The first kappa shape index (κ1) is 16.0. The van der Waals surface area contributed by atoms with Gasteiger partial charge in [0.05, 0.1) is 0 Å². The van der Waals surface area contributed by atoms with Crippen molar-refractivity contribution in [1.82, 2.24) is 14.9 Å². The van der Waals surface area contributed by atoms with Gasteiger partial charge >= 0.3 is 0 Å². The molecular weight excluding hydrogens is 262 g/mol. The zero-order chi connectivity index (χ0) is 15.3. The number of likely N-dealkylation sites (tertiary alicyclic amines) is 1. The monoisotopic (exact) mass is 291 g/mol. The van der Waals surface area contributed by atoms with Crippen LogP contribution in [0.5, 0.6) is 0 Å². The van der Waals surface area contributed by atoms with Gasteiger partial charge in [-0.3, -0.25) is 0 Å². The fourth-order valence-corrected chi connectivity index (χ4v) is 2.90. The second-order valence-electron chi connectivity index (χ2n) is 6.52. The molecule has 1 aliphatic heterocycles. The minimum atomic E-state index is 0.362. The summed E-state index contributed by atoms with van der Waals surface area (Å²) in [6.07, 6.45) is 6.22. The quantitative estimate of drug-likeness (QED) is 0.844. The largest absolute Gasteiger partial charge is 0.373 e. The van der Waals surface area contributed by atoms with E-state index in [0.717, 1.165) is 31.0 Å². The predicted octanol–water partition coefficient (Wildman–Crippen LogP) is 2.61. The van der Waals surface area contributed by atoms with Crippen LogP contribution in [-0.2, 0) is 6.42 Å². The first-order chi connectivity index (χ1) is 10.1. The Kier molecular flexibility index (Phi) is 5.39. The van der Waals surface area contributed by atoms with Crippen LogP contribution < -0.4 is 10.6 Å². The molecule has 0 bridgehead atoms. The van der Waals surface area contributed by atoms with E-state index in [1.807, 2.05) is 7.05 Å². The molecule has 0 unspecified atom stereocenters. The number of anilines is 2. The molecule has 1 aromatic rings. The van der Waals surface area contributed by atoms with Crippen LogP contribution >= 0.6 is 0 Å². The molecule has 2 rings (SSSR count). The Morgan fingerprint density at radius 1 is 1.24 bits per heavy atom. The number of aromatic nitrogens is 2. The Hall–Kier alpha value is -1.36. The number of rotatable bonds is 6. The molecule has 2 heterocycles. The van der Waals surface area contributed by atoms with Crippen molar-refractivity contribution < 1.29 is 0 Å². The molecule has 21 heavy (non-hydrogen) atoms. The molecular formula is C16H29N5. The average Bonchev–Trinajstić information content (AvgIpc) is 2.50. The van der Waals surface area contributed by atoms with Crippen molar-refractivity contribution in [2.24, 2.45) is 5.41 Å². The van der Waals surface area contributed by atoms with E-state index in [2.05, 4.69) is 46.4 Å². The van der Waals surface area contributed by atoms with Crippen molar-refractivity contribution in [1.29, 1.82) is 0 Å². The summed E-state index contributed by atoms with van der Waals surface area (Å²) in [5.74, 6) is 1.94. The molecule has 0 atom stereocenters. The van der Waals surface area contributed by atoms with Crippen LogP contribution in [-0.4, -0.2) is 48.6 Å². The molecule has 1 saturated heterocycles. The minimum absolute atomic E-state index is 0.362. The van der Waals surface area contributed by atoms with Crippen LogP contribution in [0.15, 0.2) is 6.33 Å². The van der Waals surface area contributed by atoms with Gasteiger partial charge in [-0.1, -0.05) is 20.3 Å². The van der Waals surface area contributed by atoms with Crippen molar-refractivity contribution in [3.8, 4) is 0 Å². The standard InChI is InChI=1S/C16H29N5/c1-5-6-13-14(17-3)19-12-20-15(13)18-11-16(2)7-9-21(4)10-8-16/h12H,5-11H2,1-4H3,(H2,17,18,19,20). The van der Waals surface area contributed by atoms with Gasteiger partial charge < -0.3 is 15.5 Å². The first-order valence-electron chi connectivity index (χ1n) is 8.02. The van der Waals surface area contributed by atoms with Gasteiger partial charge in [0.2, 0.25) is 0 Å². The molecule has 0 amide bonds. The van der Waals surface area contributed by atoms with Gasteiger partial charge in [0.1, 0.15) is 18.0 Å². The molecule has 2 N–H and O–H groups in total. The summed E-state index contributed by atoms with van der Waals surface area (Å²) in [5, 5.41) is 6.76. The number of hydrogen-bond acceptors (Lipinski definition) is 5. The number of hydrogen-bond donors (Lipinski definition) is 2. The average molecular weight is 291 g/mol. The highest BCUT2D eigenvalue weighted by Gasteiger charge is 2.29. The first-order valence-corrected chi connectivity index (χ1v) is 8.02. The van der Waals surface area contributed by atoms with E-state index in [1.54, 1.807) is 6.33 Å². The third-order valence-corrected chi connectivity index (χ3v) is 4.56. The van der Waals surface area contributed by atoms with Gasteiger partial charge in [-0.2, -0.15) is 0 Å². The van der Waals surface area contributed by atoms with E-state index in [4.69, 9.17) is 0 Å². The van der Waals surface area contributed by atoms with Gasteiger partial charge in [-0.05, 0) is 44.8 Å². The summed E-state index contributed by atoms with van der Waals surface area (Å²) >= 11 is 0. The maximum atomic E-state index is 4.46. The molecule has 1 aliphatic rings. The predicted molar refractivity (Wildman–Crippen MR) is 88.9 cm³/mol. The van der Waals surface area contributed by atoms with Crippen LogP contribution in [0.3, 0.4) is 0 Å². The van der Waals surface area contributed by atoms with Crippen LogP contribution in [0.1, 0.15) is 38.7 Å². The van der Waals surface area contributed by atoms with Crippen molar-refractivity contribution in [2.45, 2.75) is 39.5 Å². The number of nitrogens with zero attached hydrogens (tertiary/aromatic N) is 3. The maximum Gasteiger partial charge on any atom is 0.134 e. The fraction of sp³-hybridized carbons (Fsp3) is 0.750. The fourth-order valence-electron chi connectivity index (χ4n) is 2.90. The Labute approximate surface area is 128 Å². The molecule has 118 valence electrons. The topological polar surface area (TPSA) is 53.1 Å². The van der Waals surface area contributed by atoms with E-state index in [9.17, 15) is 0 Å². The Balaban J connectivity index is 2.05. The zero-order valence-electron chi connectivity index (χ0n) is 13.9. The summed E-state index contributed by atoms with van der Waals surface area (Å²) in [6, 6.07) is 0. The van der Waals surface area contributed by atoms with Crippen LogP contribution in [0.25, 0.3) is 0 Å². The highest BCUT2D eigenvalue weighted by atomic mass is 15.1. The second-order valence-corrected chi connectivity index (χ2v) is 6.52. The molecule has 0 aliphatic carbocycles. The maximum absolute atomic E-state index is 4.46. The van der Waals surface area contributed by atoms with E-state index in [-0.39, 0.29) is 0 Å². The van der Waals surface area contributed by atoms with Crippen molar-refractivity contribution in [3.05, 3.63) is 11.9 Å². The summed E-state index contributed by atoms with van der Waals surface area (Å²) < 4.78 is 0. The van der Waals surface area contributed by atoms with Crippen LogP contribution in [0.2, 0.25) is 0 Å². The Morgan fingerprint density at radius 3 is 2.52 bits per heavy atom. The number of nitrogens with one attached hydrogen (secondary N) is 2. The lowest BCUT2D eigenvalue weighted by atomic mass is 9.80. The summed E-state index contributed by atoms with van der Waals surface area (Å²) in [6.45, 7) is 7.93. The smallest absolute Gasteiger partial charge is 0.134 e. The second kappa shape index (κ2) is 7.07. The molecule has 1 fully saturated rings. The van der Waals surface area contributed by atoms with Crippen LogP contribution in [0.4, 0.5) is 11.6 Å².